The fourth-order valence-corrected chi connectivity index (χ4v) is 5.42. The van der Waals surface area contributed by atoms with Gasteiger partial charge in [-0.05, 0) is 23.0 Å². The molecule has 0 saturated heterocycles. The van der Waals surface area contributed by atoms with Crippen LogP contribution >= 0.6 is 0 Å². The molecule has 4 atom stereocenters. The van der Waals surface area contributed by atoms with Gasteiger partial charge in [-0.1, -0.05) is 24.3 Å². The Morgan fingerprint density at radius 3 is 1.73 bits per heavy atom. The van der Waals surface area contributed by atoms with Gasteiger partial charge in [-0.2, -0.15) is 0 Å². The Hall–Kier alpha value is -0.830. The van der Waals surface area contributed by atoms with E-state index in [0.29, 0.717) is 35.2 Å². The molecule has 0 unspecified atom stereocenters. The van der Waals surface area contributed by atoms with Crippen LogP contribution < -0.4 is 0 Å². The van der Waals surface area contributed by atoms with E-state index >= 15 is 0 Å². The van der Waals surface area contributed by atoms with Crippen molar-refractivity contribution in [1.82, 2.24) is 0 Å². The van der Waals surface area contributed by atoms with Gasteiger partial charge >= 0.3 is 0 Å². The van der Waals surface area contributed by atoms with Crippen LogP contribution in [0.25, 0.3) is 0 Å². The van der Waals surface area contributed by atoms with E-state index < -0.39 is 9.84 Å². The predicted molar refractivity (Wildman–Crippen MR) is 57.9 cm³/mol. The first-order valence-electron chi connectivity index (χ1n) is 5.45. The standard InChI is InChI=1S/C12H12O2S/c13-15(14)5-11-9-3-4-10(12(11)6-15)8-2-1-7(8)9/h1-4,7-10H,5-6H2/t7-,8-,9+,10+/m0/s1. The van der Waals surface area contributed by atoms with E-state index in [0.717, 1.165) is 0 Å². The second-order valence-corrected chi connectivity index (χ2v) is 7.12. The summed E-state index contributed by atoms with van der Waals surface area (Å²) in [6.45, 7) is 0. The minimum absolute atomic E-state index is 0.324. The number of hydrogen-bond acceptors (Lipinski definition) is 2. The summed E-state index contributed by atoms with van der Waals surface area (Å²) in [5.41, 5.74) is 2.46. The summed E-state index contributed by atoms with van der Waals surface area (Å²) >= 11 is 0. The number of allylic oxidation sites excluding steroid dienone is 4. The van der Waals surface area contributed by atoms with Gasteiger partial charge in [0, 0.05) is 11.8 Å². The molecule has 4 aliphatic carbocycles. The average molecular weight is 220 g/mol. The molecule has 0 N–H and O–H groups in total. The minimum atomic E-state index is -2.82. The van der Waals surface area contributed by atoms with Crippen LogP contribution in [0.4, 0.5) is 0 Å². The lowest BCUT2D eigenvalue weighted by molar-refractivity contribution is 0.271. The van der Waals surface area contributed by atoms with Crippen molar-refractivity contribution in [3.8, 4) is 0 Å². The molecule has 0 radical (unpaired) electrons. The van der Waals surface area contributed by atoms with Crippen LogP contribution in [-0.2, 0) is 9.84 Å². The summed E-state index contributed by atoms with van der Waals surface area (Å²) < 4.78 is 23.3. The topological polar surface area (TPSA) is 34.1 Å². The highest BCUT2D eigenvalue weighted by molar-refractivity contribution is 7.92. The van der Waals surface area contributed by atoms with E-state index in [9.17, 15) is 8.42 Å². The molecular weight excluding hydrogens is 208 g/mol. The molecule has 0 spiro atoms. The second kappa shape index (κ2) is 2.29. The van der Waals surface area contributed by atoms with Crippen molar-refractivity contribution in [2.24, 2.45) is 23.7 Å². The van der Waals surface area contributed by atoms with E-state index in [-0.39, 0.29) is 0 Å². The first-order valence-corrected chi connectivity index (χ1v) is 7.27. The van der Waals surface area contributed by atoms with E-state index in [1.54, 1.807) is 0 Å². The minimum Gasteiger partial charge on any atom is -0.228 e. The Morgan fingerprint density at radius 1 is 0.867 bits per heavy atom. The fraction of sp³-hybridized carbons (Fsp3) is 0.500. The number of hydrogen-bond donors (Lipinski definition) is 0. The Bertz CT molecular complexity index is 496. The lowest BCUT2D eigenvalue weighted by Gasteiger charge is -2.48. The summed E-state index contributed by atoms with van der Waals surface area (Å²) in [7, 11) is -2.82. The Kier molecular flexibility index (Phi) is 1.27. The van der Waals surface area contributed by atoms with E-state index in [4.69, 9.17) is 0 Å². The van der Waals surface area contributed by atoms with Gasteiger partial charge in [0.1, 0.15) is 0 Å². The van der Waals surface area contributed by atoms with Crippen molar-refractivity contribution >= 4 is 9.84 Å². The third kappa shape index (κ3) is 0.882. The normalized spacial score (nSPS) is 47.7. The molecule has 0 aromatic rings. The first kappa shape index (κ1) is 8.34. The van der Waals surface area contributed by atoms with Gasteiger partial charge < -0.3 is 0 Å². The van der Waals surface area contributed by atoms with E-state index in [1.807, 2.05) is 0 Å². The van der Waals surface area contributed by atoms with Crippen LogP contribution in [0.5, 0.6) is 0 Å². The molecule has 5 rings (SSSR count). The molecule has 5 aliphatic rings. The monoisotopic (exact) mass is 220 g/mol. The molecule has 1 heterocycles. The Labute approximate surface area is 89.3 Å². The molecule has 3 heteroatoms. The second-order valence-electron chi connectivity index (χ2n) is 5.06. The van der Waals surface area contributed by atoms with Gasteiger partial charge in [-0.3, -0.25) is 0 Å². The van der Waals surface area contributed by atoms with Crippen LogP contribution in [0.2, 0.25) is 0 Å². The van der Waals surface area contributed by atoms with Crippen LogP contribution in [-0.4, -0.2) is 19.9 Å². The van der Waals surface area contributed by atoms with Crippen LogP contribution in [0, 0.1) is 23.7 Å². The molecule has 0 aromatic heterocycles. The smallest absolute Gasteiger partial charge is 0.157 e. The van der Waals surface area contributed by atoms with Gasteiger partial charge in [0.2, 0.25) is 0 Å². The molecule has 15 heavy (non-hydrogen) atoms. The molecule has 0 fully saturated rings. The predicted octanol–water partition coefficient (Wildman–Crippen LogP) is 1.33. The van der Waals surface area contributed by atoms with Gasteiger partial charge in [0.05, 0.1) is 11.5 Å². The Morgan fingerprint density at radius 2 is 1.33 bits per heavy atom. The van der Waals surface area contributed by atoms with Crippen LogP contribution in [0.1, 0.15) is 0 Å². The molecule has 2 nitrogen and oxygen atoms in total. The molecular formula is C12H12O2S. The largest absolute Gasteiger partial charge is 0.228 e. The fourth-order valence-electron chi connectivity index (χ4n) is 3.61. The molecule has 0 amide bonds. The van der Waals surface area contributed by atoms with Gasteiger partial charge in [-0.25, -0.2) is 8.42 Å². The first-order chi connectivity index (χ1) is 7.16. The molecule has 1 aliphatic heterocycles. The van der Waals surface area contributed by atoms with E-state index in [2.05, 4.69) is 24.3 Å². The number of rotatable bonds is 0. The summed E-state index contributed by atoms with van der Waals surface area (Å²) in [4.78, 5) is 0. The van der Waals surface area contributed by atoms with Crippen molar-refractivity contribution in [2.75, 3.05) is 11.5 Å². The van der Waals surface area contributed by atoms with Crippen molar-refractivity contribution in [1.29, 1.82) is 0 Å². The summed E-state index contributed by atoms with van der Waals surface area (Å²) in [5.74, 6) is 2.66. The summed E-state index contributed by atoms with van der Waals surface area (Å²) in [5, 5.41) is 0. The zero-order valence-electron chi connectivity index (χ0n) is 8.26. The van der Waals surface area contributed by atoms with Crippen molar-refractivity contribution < 1.29 is 8.42 Å². The maximum absolute atomic E-state index is 11.7. The molecule has 78 valence electrons. The average Bonchev–Trinajstić information content (AvgIpc) is 2.42. The zero-order valence-corrected chi connectivity index (χ0v) is 9.07. The van der Waals surface area contributed by atoms with E-state index in [1.165, 1.54) is 11.1 Å². The van der Waals surface area contributed by atoms with Crippen LogP contribution in [0.15, 0.2) is 35.5 Å². The lowest BCUT2D eigenvalue weighted by Crippen LogP contribution is -2.40. The van der Waals surface area contributed by atoms with Gasteiger partial charge in [0.25, 0.3) is 0 Å². The zero-order chi connectivity index (χ0) is 10.2. The maximum Gasteiger partial charge on any atom is 0.157 e. The third-order valence-corrected chi connectivity index (χ3v) is 5.82. The van der Waals surface area contributed by atoms with Crippen molar-refractivity contribution in [3.05, 3.63) is 35.5 Å². The van der Waals surface area contributed by atoms with Crippen LogP contribution in [0.3, 0.4) is 0 Å². The molecule has 0 aromatic carbocycles. The van der Waals surface area contributed by atoms with Gasteiger partial charge in [0.15, 0.2) is 9.84 Å². The Balaban J connectivity index is 1.88. The van der Waals surface area contributed by atoms with Gasteiger partial charge in [-0.15, -0.1) is 0 Å². The summed E-state index contributed by atoms with van der Waals surface area (Å²) in [6, 6.07) is 0. The van der Waals surface area contributed by atoms with Crippen molar-refractivity contribution in [2.45, 2.75) is 0 Å². The molecule has 2 bridgehead atoms. The third-order valence-electron chi connectivity index (χ3n) is 4.32. The number of sulfone groups is 1. The highest BCUT2D eigenvalue weighted by Crippen LogP contribution is 2.55. The highest BCUT2D eigenvalue weighted by atomic mass is 32.2. The summed E-state index contributed by atoms with van der Waals surface area (Å²) in [6.07, 6.45) is 8.96. The highest BCUT2D eigenvalue weighted by Gasteiger charge is 2.50. The molecule has 0 saturated carbocycles. The quantitative estimate of drug-likeness (QED) is 0.577. The van der Waals surface area contributed by atoms with Crippen molar-refractivity contribution in [3.63, 3.8) is 0 Å². The SMILES string of the molecule is O=S1(=O)CC2=C(C1)[C@@H]1C=C[C@@H]2[C@H]2C=C[C@@H]21. The maximum atomic E-state index is 11.7. The lowest BCUT2D eigenvalue weighted by atomic mass is 9.56.